The summed E-state index contributed by atoms with van der Waals surface area (Å²) in [6.45, 7) is 0. The van der Waals surface area contributed by atoms with Crippen LogP contribution >= 0.6 is 0 Å². The van der Waals surface area contributed by atoms with Crippen molar-refractivity contribution in [1.29, 1.82) is 0 Å². The van der Waals surface area contributed by atoms with Crippen molar-refractivity contribution < 1.29 is 60.4 Å². The van der Waals surface area contributed by atoms with E-state index in [9.17, 15) is 60.4 Å². The first kappa shape index (κ1) is 21.5. The molecule has 0 N–H and O–H groups in total. The molecule has 124 valence electrons. The lowest BCUT2D eigenvalue weighted by Gasteiger charge is -2.22. The van der Waals surface area contributed by atoms with E-state index in [4.69, 9.17) is 0 Å². The van der Waals surface area contributed by atoms with Crippen molar-refractivity contribution in [3.63, 3.8) is 0 Å². The Hall–Kier alpha value is -0.775. The van der Waals surface area contributed by atoms with Crippen LogP contribution in [0.25, 0.3) is 4.13 Å². The molecule has 0 bridgehead atoms. The van der Waals surface area contributed by atoms with Crippen molar-refractivity contribution >= 4 is 27.3 Å². The molecule has 0 fully saturated rings. The topological polar surface area (TPSA) is 82.4 Å². The first-order chi connectivity index (χ1) is 8.21. The highest BCUT2D eigenvalue weighted by molar-refractivity contribution is 8.13. The molecular formula is C2BF10NO4S2-2. The summed E-state index contributed by atoms with van der Waals surface area (Å²) in [5.74, 6) is 0. The predicted molar refractivity (Wildman–Crippen MR) is 43.5 cm³/mol. The summed E-state index contributed by atoms with van der Waals surface area (Å²) in [6.07, 6.45) is 0. The van der Waals surface area contributed by atoms with Crippen LogP contribution in [0.4, 0.5) is 43.6 Å². The largest absolute Gasteiger partial charge is 0.673 e. The molecular weight excluding hydrogens is 367 g/mol. The highest BCUT2D eigenvalue weighted by Gasteiger charge is 2.46. The van der Waals surface area contributed by atoms with E-state index in [1.54, 1.807) is 0 Å². The van der Waals surface area contributed by atoms with Crippen molar-refractivity contribution in [2.75, 3.05) is 0 Å². The Kier molecular flexibility index (Phi) is 6.37. The normalized spacial score (nSPS) is 14.5. The van der Waals surface area contributed by atoms with Gasteiger partial charge in [0.2, 0.25) is 0 Å². The van der Waals surface area contributed by atoms with Crippen LogP contribution in [0.5, 0.6) is 0 Å². The number of nitrogens with zero attached hydrogens (tertiary/aromatic N) is 1. The molecule has 0 saturated heterocycles. The van der Waals surface area contributed by atoms with Crippen LogP contribution in [-0.4, -0.2) is 35.1 Å². The summed E-state index contributed by atoms with van der Waals surface area (Å²) in [4.78, 5) is 0. The van der Waals surface area contributed by atoms with Gasteiger partial charge >= 0.3 is 18.3 Å². The van der Waals surface area contributed by atoms with E-state index in [-0.39, 0.29) is 0 Å². The number of sulfonamides is 2. The summed E-state index contributed by atoms with van der Waals surface area (Å²) < 4.78 is 148. The smallest absolute Gasteiger partial charge is 0.421 e. The van der Waals surface area contributed by atoms with E-state index in [2.05, 4.69) is 0 Å². The van der Waals surface area contributed by atoms with E-state index < -0.39 is 38.3 Å². The average molecular weight is 367 g/mol. The van der Waals surface area contributed by atoms with Crippen LogP contribution in [-0.2, 0) is 20.0 Å². The minimum absolute atomic E-state index is 0.778. The Morgan fingerprint density at radius 2 is 0.800 bits per heavy atom. The van der Waals surface area contributed by atoms with Gasteiger partial charge in [-0.3, -0.25) is 0 Å². The van der Waals surface area contributed by atoms with Gasteiger partial charge in [0.25, 0.3) is 0 Å². The van der Waals surface area contributed by atoms with E-state index in [0.717, 1.165) is 4.13 Å². The summed E-state index contributed by atoms with van der Waals surface area (Å²) in [5.41, 5.74) is -12.4. The lowest BCUT2D eigenvalue weighted by atomic mass is 10.3. The first-order valence-corrected chi connectivity index (χ1v) is 6.33. The lowest BCUT2D eigenvalue weighted by molar-refractivity contribution is -0.0444. The van der Waals surface area contributed by atoms with Gasteiger partial charge in [0.1, 0.15) is 0 Å². The van der Waals surface area contributed by atoms with Gasteiger partial charge in [-0.15, -0.1) is 0 Å². The monoisotopic (exact) mass is 367 g/mol. The Morgan fingerprint density at radius 3 is 0.900 bits per heavy atom. The first-order valence-electron chi connectivity index (χ1n) is 3.45. The zero-order chi connectivity index (χ0) is 17.2. The van der Waals surface area contributed by atoms with E-state index >= 15 is 0 Å². The molecule has 20 heavy (non-hydrogen) atoms. The quantitative estimate of drug-likeness (QED) is 0.554. The third-order valence-corrected chi connectivity index (χ3v) is 3.52. The van der Waals surface area contributed by atoms with Crippen LogP contribution in [0.3, 0.4) is 0 Å². The second kappa shape index (κ2) is 5.92. The van der Waals surface area contributed by atoms with Crippen LogP contribution in [0.1, 0.15) is 0 Å². The van der Waals surface area contributed by atoms with Gasteiger partial charge < -0.3 is 21.4 Å². The van der Waals surface area contributed by atoms with Gasteiger partial charge in [-0.25, -0.2) is 16.8 Å². The van der Waals surface area contributed by atoms with Crippen LogP contribution < -0.4 is 0 Å². The summed E-state index contributed by atoms with van der Waals surface area (Å²) >= 11 is 0. The van der Waals surface area contributed by atoms with Gasteiger partial charge in [-0.1, -0.05) is 0 Å². The molecule has 0 radical (unpaired) electrons. The molecule has 0 atom stereocenters. The van der Waals surface area contributed by atoms with E-state index in [1.807, 2.05) is 0 Å². The molecule has 0 aromatic rings. The molecule has 0 aromatic carbocycles. The third kappa shape index (κ3) is 8.41. The maximum absolute atomic E-state index is 11.4. The maximum atomic E-state index is 11.4. The molecule has 0 aromatic heterocycles. The average Bonchev–Trinajstić information content (AvgIpc) is 1.92. The fraction of sp³-hybridized carbons (Fsp3) is 1.00. The van der Waals surface area contributed by atoms with Crippen molar-refractivity contribution in [3.8, 4) is 0 Å². The molecule has 0 rings (SSSR count). The maximum Gasteiger partial charge on any atom is 0.673 e. The van der Waals surface area contributed by atoms with Gasteiger partial charge in [0, 0.05) is 0 Å². The number of hydrogen-bond donors (Lipinski definition) is 0. The molecule has 18 heteroatoms. The Balaban J connectivity index is 0. The lowest BCUT2D eigenvalue weighted by Crippen LogP contribution is -2.30. The number of alkyl halides is 6. The van der Waals surface area contributed by atoms with Crippen LogP contribution in [0.15, 0.2) is 0 Å². The van der Waals surface area contributed by atoms with Crippen molar-refractivity contribution in [2.24, 2.45) is 0 Å². The second-order valence-corrected chi connectivity index (χ2v) is 5.83. The molecule has 0 unspecified atom stereocenters. The molecule has 0 heterocycles. The molecule has 0 saturated carbocycles. The molecule has 5 nitrogen and oxygen atoms in total. The minimum Gasteiger partial charge on any atom is -0.421 e. The summed E-state index contributed by atoms with van der Waals surface area (Å²) in [5, 5.41) is 0. The number of halogens is 10. The predicted octanol–water partition coefficient (Wildman–Crippen LogP) is 2.36. The molecule has 0 aliphatic rings. The highest BCUT2D eigenvalue weighted by atomic mass is 32.3. The highest BCUT2D eigenvalue weighted by Crippen LogP contribution is 2.36. The fourth-order valence-corrected chi connectivity index (χ4v) is 1.92. The van der Waals surface area contributed by atoms with Crippen molar-refractivity contribution in [3.05, 3.63) is 4.13 Å². The van der Waals surface area contributed by atoms with E-state index in [1.165, 1.54) is 0 Å². The zero-order valence-electron chi connectivity index (χ0n) is 8.25. The Labute approximate surface area is 104 Å². The summed E-state index contributed by atoms with van der Waals surface area (Å²) in [6, 6.07) is 0. The number of rotatable bonds is 2. The van der Waals surface area contributed by atoms with Gasteiger partial charge in [-0.2, -0.15) is 26.3 Å². The molecule has 0 aliphatic carbocycles. The molecule has 0 amide bonds. The van der Waals surface area contributed by atoms with Gasteiger partial charge in [0.15, 0.2) is 20.0 Å². The molecule has 0 spiro atoms. The fourth-order valence-electron chi connectivity index (χ4n) is 0.214. The van der Waals surface area contributed by atoms with E-state index in [0.29, 0.717) is 0 Å². The standard InChI is InChI=1S/C2F6NO4S2.BF4/c3-1(4,5)14(10,11)9-15(12,13)2(6,7)8;2-1(3,4)5/q2*-1. The third-order valence-electron chi connectivity index (χ3n) is 0.781. The molecule has 0 aliphatic heterocycles. The Bertz CT molecular complexity index is 463. The number of hydrogen-bond acceptors (Lipinski definition) is 4. The van der Waals surface area contributed by atoms with Crippen molar-refractivity contribution in [1.82, 2.24) is 0 Å². The van der Waals surface area contributed by atoms with Crippen LogP contribution in [0, 0.1) is 0 Å². The SMILES string of the molecule is F[B-](F)(F)F.O=S(=O)([N-]S(=O)(=O)C(F)(F)F)C(F)(F)F. The minimum atomic E-state index is -6.72. The second-order valence-electron chi connectivity index (χ2n) is 2.41. The van der Waals surface area contributed by atoms with Crippen LogP contribution in [0.2, 0.25) is 0 Å². The van der Waals surface area contributed by atoms with Crippen molar-refractivity contribution in [2.45, 2.75) is 11.0 Å². The van der Waals surface area contributed by atoms with Gasteiger partial charge in [-0.05, 0) is 0 Å². The summed E-state index contributed by atoms with van der Waals surface area (Å²) in [7, 11) is -19.4. The van der Waals surface area contributed by atoms with Gasteiger partial charge in [0.05, 0.1) is 0 Å². The zero-order valence-corrected chi connectivity index (χ0v) is 9.89. The Morgan fingerprint density at radius 1 is 0.650 bits per heavy atom.